The Morgan fingerprint density at radius 1 is 1.48 bits per heavy atom. The number of amides is 1. The van der Waals surface area contributed by atoms with Gasteiger partial charge in [-0.3, -0.25) is 4.79 Å². The van der Waals surface area contributed by atoms with E-state index in [0.717, 1.165) is 31.7 Å². The molecule has 0 saturated carbocycles. The maximum atomic E-state index is 12.6. The summed E-state index contributed by atoms with van der Waals surface area (Å²) >= 11 is 6.04. The average Bonchev–Trinajstić information content (AvgIpc) is 2.44. The highest BCUT2D eigenvalue weighted by atomic mass is 35.5. The second kappa shape index (κ2) is 7.14. The van der Waals surface area contributed by atoms with Crippen molar-refractivity contribution in [2.24, 2.45) is 5.92 Å². The first-order valence-electron chi connectivity index (χ1n) is 7.54. The number of nitrogens with zero attached hydrogens (tertiary/aromatic N) is 1. The molecule has 1 aromatic carbocycles. The van der Waals surface area contributed by atoms with Crippen LogP contribution in [0.15, 0.2) is 18.2 Å². The molecule has 2 atom stereocenters. The van der Waals surface area contributed by atoms with Crippen LogP contribution in [0.3, 0.4) is 0 Å². The lowest BCUT2D eigenvalue weighted by Crippen LogP contribution is -2.48. The molecule has 1 aliphatic rings. The molecule has 0 bridgehead atoms. The molecule has 1 aliphatic heterocycles. The Hall–Kier alpha value is -1.26. The van der Waals surface area contributed by atoms with E-state index < -0.39 is 0 Å². The summed E-state index contributed by atoms with van der Waals surface area (Å²) in [6, 6.07) is 5.61. The normalized spacial score (nSPS) is 22.9. The smallest absolute Gasteiger partial charge is 0.253 e. The predicted molar refractivity (Wildman–Crippen MR) is 88.1 cm³/mol. The lowest BCUT2D eigenvalue weighted by Gasteiger charge is -2.35. The van der Waals surface area contributed by atoms with Gasteiger partial charge in [-0.05, 0) is 51.1 Å². The molecule has 1 aromatic rings. The third kappa shape index (κ3) is 4.11. The molecule has 1 saturated heterocycles. The van der Waals surface area contributed by atoms with Crippen LogP contribution in [0, 0.1) is 5.92 Å². The summed E-state index contributed by atoms with van der Waals surface area (Å²) in [5.74, 6) is 0.407. The van der Waals surface area contributed by atoms with Gasteiger partial charge in [0.05, 0.1) is 5.56 Å². The zero-order valence-corrected chi connectivity index (χ0v) is 13.7. The van der Waals surface area contributed by atoms with Crippen molar-refractivity contribution in [2.45, 2.75) is 26.3 Å². The fraction of sp³-hybridized carbons (Fsp3) is 0.562. The van der Waals surface area contributed by atoms with Gasteiger partial charge in [-0.25, -0.2) is 0 Å². The second-order valence-corrected chi connectivity index (χ2v) is 6.26. The van der Waals surface area contributed by atoms with Crippen molar-refractivity contribution in [3.63, 3.8) is 0 Å². The van der Waals surface area contributed by atoms with E-state index in [1.54, 1.807) is 12.1 Å². The van der Waals surface area contributed by atoms with Crippen LogP contribution in [0.5, 0.6) is 0 Å². The zero-order valence-electron chi connectivity index (χ0n) is 12.9. The number of rotatable bonds is 4. The number of hydrogen-bond donors (Lipinski definition) is 2. The van der Waals surface area contributed by atoms with E-state index in [1.807, 2.05) is 13.0 Å². The highest BCUT2D eigenvalue weighted by Gasteiger charge is 2.26. The Kier molecular flexibility index (Phi) is 5.48. The topological polar surface area (TPSA) is 44.4 Å². The Morgan fingerprint density at radius 3 is 2.90 bits per heavy atom. The van der Waals surface area contributed by atoms with Gasteiger partial charge in [0, 0.05) is 29.8 Å². The summed E-state index contributed by atoms with van der Waals surface area (Å²) in [6.45, 7) is 7.00. The Bertz CT molecular complexity index is 506. The largest absolute Gasteiger partial charge is 0.385 e. The van der Waals surface area contributed by atoms with E-state index in [1.165, 1.54) is 0 Å². The van der Waals surface area contributed by atoms with Crippen molar-refractivity contribution in [2.75, 3.05) is 32.0 Å². The number of likely N-dealkylation sites (tertiary alicyclic amines) is 1. The third-order valence-electron chi connectivity index (χ3n) is 4.02. The third-order valence-corrected chi connectivity index (χ3v) is 4.25. The van der Waals surface area contributed by atoms with Gasteiger partial charge < -0.3 is 15.5 Å². The van der Waals surface area contributed by atoms with Crippen molar-refractivity contribution < 1.29 is 4.79 Å². The number of anilines is 1. The van der Waals surface area contributed by atoms with Crippen LogP contribution >= 0.6 is 11.6 Å². The molecule has 116 valence electrons. The average molecular weight is 310 g/mol. The van der Waals surface area contributed by atoms with Gasteiger partial charge in [0.15, 0.2) is 0 Å². The molecule has 2 unspecified atom stereocenters. The van der Waals surface area contributed by atoms with Gasteiger partial charge in [-0.1, -0.05) is 18.5 Å². The van der Waals surface area contributed by atoms with E-state index in [9.17, 15) is 4.79 Å². The number of piperidine rings is 1. The first-order valence-corrected chi connectivity index (χ1v) is 7.92. The van der Waals surface area contributed by atoms with Crippen molar-refractivity contribution >= 4 is 23.2 Å². The molecule has 0 aromatic heterocycles. The lowest BCUT2D eigenvalue weighted by molar-refractivity contribution is 0.0884. The Morgan fingerprint density at radius 2 is 2.24 bits per heavy atom. The minimum atomic E-state index is -0.0464. The number of halogens is 1. The molecular formula is C16H24ClN3O. The predicted octanol–water partition coefficient (Wildman–Crippen LogP) is 2.84. The van der Waals surface area contributed by atoms with Gasteiger partial charge in [0.2, 0.25) is 0 Å². The van der Waals surface area contributed by atoms with E-state index in [0.29, 0.717) is 16.5 Å². The zero-order chi connectivity index (χ0) is 15.4. The summed E-state index contributed by atoms with van der Waals surface area (Å²) in [7, 11) is 2.12. The van der Waals surface area contributed by atoms with E-state index in [4.69, 9.17) is 11.6 Å². The monoisotopic (exact) mass is 309 g/mol. The highest BCUT2D eigenvalue weighted by molar-refractivity contribution is 6.31. The molecule has 5 heteroatoms. The van der Waals surface area contributed by atoms with Gasteiger partial charge >= 0.3 is 0 Å². The van der Waals surface area contributed by atoms with Crippen molar-refractivity contribution in [3.05, 3.63) is 28.8 Å². The lowest BCUT2D eigenvalue weighted by atomic mass is 9.94. The van der Waals surface area contributed by atoms with Gasteiger partial charge in [0.25, 0.3) is 5.91 Å². The fourth-order valence-electron chi connectivity index (χ4n) is 2.86. The summed E-state index contributed by atoms with van der Waals surface area (Å²) in [5, 5.41) is 6.96. The summed E-state index contributed by atoms with van der Waals surface area (Å²) in [4.78, 5) is 14.9. The van der Waals surface area contributed by atoms with Crippen molar-refractivity contribution in [3.8, 4) is 0 Å². The summed E-state index contributed by atoms with van der Waals surface area (Å²) < 4.78 is 0. The molecule has 1 amide bonds. The number of carbonyl (C=O) groups is 1. The van der Waals surface area contributed by atoms with Crippen LogP contribution in [-0.2, 0) is 0 Å². The molecular weight excluding hydrogens is 286 g/mol. The number of carbonyl (C=O) groups excluding carboxylic acids is 1. The number of benzene rings is 1. The van der Waals surface area contributed by atoms with Crippen LogP contribution in [-0.4, -0.2) is 43.5 Å². The Balaban J connectivity index is 2.11. The molecule has 2 rings (SSSR count). The molecule has 21 heavy (non-hydrogen) atoms. The van der Waals surface area contributed by atoms with Crippen LogP contribution < -0.4 is 10.6 Å². The molecule has 1 heterocycles. The fourth-order valence-corrected chi connectivity index (χ4v) is 3.04. The first kappa shape index (κ1) is 16.1. The molecule has 4 nitrogen and oxygen atoms in total. The maximum Gasteiger partial charge on any atom is 0.253 e. The second-order valence-electron chi connectivity index (χ2n) is 5.83. The quantitative estimate of drug-likeness (QED) is 0.899. The highest BCUT2D eigenvalue weighted by Crippen LogP contribution is 2.22. The van der Waals surface area contributed by atoms with Crippen LogP contribution in [0.4, 0.5) is 5.69 Å². The van der Waals surface area contributed by atoms with Gasteiger partial charge in [-0.2, -0.15) is 0 Å². The minimum absolute atomic E-state index is 0.0464. The van der Waals surface area contributed by atoms with Gasteiger partial charge in [-0.15, -0.1) is 0 Å². The molecule has 2 N–H and O–H groups in total. The van der Waals surface area contributed by atoms with Crippen LogP contribution in [0.25, 0.3) is 0 Å². The van der Waals surface area contributed by atoms with E-state index >= 15 is 0 Å². The van der Waals surface area contributed by atoms with Crippen molar-refractivity contribution in [1.29, 1.82) is 0 Å². The van der Waals surface area contributed by atoms with Gasteiger partial charge in [0.1, 0.15) is 0 Å². The SMILES string of the molecule is CCNc1ccc(Cl)cc1C(=O)NC1CCN(C)CC1C. The molecule has 0 radical (unpaired) electrons. The number of nitrogens with one attached hydrogen (secondary N) is 2. The van der Waals surface area contributed by atoms with Crippen LogP contribution in [0.1, 0.15) is 30.6 Å². The summed E-state index contributed by atoms with van der Waals surface area (Å²) in [6.07, 6.45) is 0.987. The Labute approximate surface area is 131 Å². The summed E-state index contributed by atoms with van der Waals surface area (Å²) in [5.41, 5.74) is 1.45. The van der Waals surface area contributed by atoms with E-state index in [2.05, 4.69) is 29.5 Å². The molecule has 0 spiro atoms. The van der Waals surface area contributed by atoms with Crippen molar-refractivity contribution in [1.82, 2.24) is 10.2 Å². The first-order chi connectivity index (χ1) is 10.0. The standard InChI is InChI=1S/C16H24ClN3O/c1-4-18-15-6-5-12(17)9-13(15)16(21)19-14-7-8-20(3)10-11(14)2/h5-6,9,11,14,18H,4,7-8,10H2,1-3H3,(H,19,21). The van der Waals surface area contributed by atoms with Crippen LogP contribution in [0.2, 0.25) is 5.02 Å². The maximum absolute atomic E-state index is 12.6. The molecule has 0 aliphatic carbocycles. The molecule has 1 fully saturated rings. The minimum Gasteiger partial charge on any atom is -0.385 e. The van der Waals surface area contributed by atoms with E-state index in [-0.39, 0.29) is 11.9 Å². The number of hydrogen-bond acceptors (Lipinski definition) is 3.